The zero-order valence-electron chi connectivity index (χ0n) is 10.3. The monoisotopic (exact) mass is 245 g/mol. The number of carbonyl (C=O) groups is 1. The van der Waals surface area contributed by atoms with Crippen molar-refractivity contribution in [2.75, 3.05) is 6.61 Å². The van der Waals surface area contributed by atoms with E-state index in [2.05, 4.69) is 4.99 Å². The minimum absolute atomic E-state index is 0.219. The van der Waals surface area contributed by atoms with Crippen LogP contribution < -0.4 is 10.6 Å². The molecule has 1 aliphatic rings. The van der Waals surface area contributed by atoms with Crippen LogP contribution in [0.15, 0.2) is 41.2 Å². The number of rotatable bonds is 4. The molecule has 0 unspecified atom stereocenters. The maximum absolute atomic E-state index is 11.2. The lowest BCUT2D eigenvalue weighted by molar-refractivity contribution is -0.143. The van der Waals surface area contributed by atoms with Crippen LogP contribution in [0.1, 0.15) is 19.8 Å². The van der Waals surface area contributed by atoms with Gasteiger partial charge in [0, 0.05) is 11.6 Å². The van der Waals surface area contributed by atoms with Crippen LogP contribution in [0.25, 0.3) is 6.26 Å². The van der Waals surface area contributed by atoms with Crippen LogP contribution in [0.4, 0.5) is 0 Å². The van der Waals surface area contributed by atoms with Crippen molar-refractivity contribution < 1.29 is 14.3 Å². The van der Waals surface area contributed by atoms with Gasteiger partial charge >= 0.3 is 5.97 Å². The molecule has 0 N–H and O–H groups in total. The third kappa shape index (κ3) is 3.20. The average molecular weight is 245 g/mol. The van der Waals surface area contributed by atoms with Gasteiger partial charge in [0.05, 0.1) is 30.8 Å². The Labute approximate surface area is 105 Å². The Morgan fingerprint density at radius 3 is 3.06 bits per heavy atom. The zero-order valence-corrected chi connectivity index (χ0v) is 10.3. The van der Waals surface area contributed by atoms with Crippen molar-refractivity contribution in [3.8, 4) is 0 Å². The Bertz CT molecular complexity index is 575. The normalized spacial score (nSPS) is 13.1. The first kappa shape index (κ1) is 12.4. The summed E-state index contributed by atoms with van der Waals surface area (Å²) in [5.74, 6) is 0.447. The van der Waals surface area contributed by atoms with Gasteiger partial charge in [-0.3, -0.25) is 9.79 Å². The van der Waals surface area contributed by atoms with Crippen LogP contribution in [0.3, 0.4) is 0 Å². The molecule has 1 aromatic rings. The lowest BCUT2D eigenvalue weighted by Crippen LogP contribution is -2.22. The largest absolute Gasteiger partial charge is 0.467 e. The molecule has 0 saturated carbocycles. The minimum Gasteiger partial charge on any atom is -0.467 e. The van der Waals surface area contributed by atoms with Crippen LogP contribution in [0, 0.1) is 0 Å². The molecule has 18 heavy (non-hydrogen) atoms. The molecule has 0 aromatic heterocycles. The third-order valence-electron chi connectivity index (χ3n) is 2.50. The van der Waals surface area contributed by atoms with Crippen LogP contribution in [-0.2, 0) is 14.3 Å². The molecule has 4 nitrogen and oxygen atoms in total. The fraction of sp³-hybridized carbons (Fsp3) is 0.286. The Hall–Kier alpha value is -2.10. The number of esters is 1. The Morgan fingerprint density at radius 2 is 2.22 bits per heavy atom. The molecular weight excluding hydrogens is 230 g/mol. The van der Waals surface area contributed by atoms with E-state index < -0.39 is 0 Å². The van der Waals surface area contributed by atoms with Gasteiger partial charge in [-0.05, 0) is 19.1 Å². The van der Waals surface area contributed by atoms with Gasteiger partial charge in [-0.25, -0.2) is 0 Å². The Balaban J connectivity index is 2.04. The summed E-state index contributed by atoms with van der Waals surface area (Å²) >= 11 is 0. The van der Waals surface area contributed by atoms with E-state index in [1.807, 2.05) is 24.3 Å². The van der Waals surface area contributed by atoms with E-state index in [0.717, 1.165) is 10.6 Å². The molecule has 4 heteroatoms. The molecule has 2 rings (SSSR count). The van der Waals surface area contributed by atoms with Gasteiger partial charge in [0.15, 0.2) is 0 Å². The van der Waals surface area contributed by atoms with Gasteiger partial charge in [-0.2, -0.15) is 0 Å². The molecule has 94 valence electrons. The topological polar surface area (TPSA) is 47.9 Å². The number of ether oxygens (including phenoxy) is 2. The second-order valence-corrected chi connectivity index (χ2v) is 3.82. The number of benzene rings is 1. The second kappa shape index (κ2) is 6.00. The molecule has 0 saturated heterocycles. The van der Waals surface area contributed by atoms with Crippen molar-refractivity contribution in [3.05, 3.63) is 46.8 Å². The molecule has 0 spiro atoms. The Morgan fingerprint density at radius 1 is 1.39 bits per heavy atom. The van der Waals surface area contributed by atoms with E-state index in [0.29, 0.717) is 25.2 Å². The van der Waals surface area contributed by atoms with E-state index in [4.69, 9.17) is 9.47 Å². The summed E-state index contributed by atoms with van der Waals surface area (Å²) in [7, 11) is 0. The Kier molecular flexibility index (Phi) is 4.12. The summed E-state index contributed by atoms with van der Waals surface area (Å²) in [5, 5.41) is 1.79. The summed E-state index contributed by atoms with van der Waals surface area (Å²) < 4.78 is 10.4. The molecule has 0 amide bonds. The molecule has 0 atom stereocenters. The predicted octanol–water partition coefficient (Wildman–Crippen LogP) is 1.26. The van der Waals surface area contributed by atoms with E-state index in [1.165, 1.54) is 0 Å². The van der Waals surface area contributed by atoms with Crippen LogP contribution in [0.2, 0.25) is 0 Å². The average Bonchev–Trinajstić information content (AvgIpc) is 2.59. The lowest BCUT2D eigenvalue weighted by Gasteiger charge is -2.04. The number of para-hydroxylation sites is 1. The molecule has 0 aliphatic carbocycles. The number of hydrogen-bond donors (Lipinski definition) is 0. The van der Waals surface area contributed by atoms with Crippen molar-refractivity contribution in [3.63, 3.8) is 0 Å². The first-order valence-corrected chi connectivity index (χ1v) is 5.94. The molecule has 1 aliphatic heterocycles. The molecule has 1 heterocycles. The number of fused-ring (bicyclic) bond motifs is 1. The van der Waals surface area contributed by atoms with E-state index in [1.54, 1.807) is 19.4 Å². The lowest BCUT2D eigenvalue weighted by atomic mass is 10.3. The summed E-state index contributed by atoms with van der Waals surface area (Å²) in [6, 6.07) is 7.70. The fourth-order valence-electron chi connectivity index (χ4n) is 1.60. The van der Waals surface area contributed by atoms with E-state index >= 15 is 0 Å². The minimum atomic E-state index is -0.219. The first-order valence-electron chi connectivity index (χ1n) is 5.94. The molecule has 0 radical (unpaired) electrons. The summed E-state index contributed by atoms with van der Waals surface area (Å²) in [4.78, 5) is 15.6. The number of allylic oxidation sites excluding steroid dienone is 1. The molecule has 0 bridgehead atoms. The second-order valence-electron chi connectivity index (χ2n) is 3.82. The van der Waals surface area contributed by atoms with Crippen molar-refractivity contribution in [2.24, 2.45) is 4.99 Å². The van der Waals surface area contributed by atoms with Gasteiger partial charge in [-0.1, -0.05) is 12.1 Å². The number of carbonyl (C=O) groups excluding carboxylic acids is 1. The SMILES string of the molecule is CCOC(=O)CCC1=CN=c2ccccc2=CO1. The van der Waals surface area contributed by atoms with E-state index in [9.17, 15) is 4.79 Å². The highest BCUT2D eigenvalue weighted by molar-refractivity contribution is 5.69. The first-order chi connectivity index (χ1) is 8.79. The standard InChI is InChI=1S/C14H15NO3/c1-2-17-14(16)8-7-12-9-15-13-6-4-3-5-11(13)10-18-12/h3-6,9-10H,2,7-8H2,1H3. The summed E-state index contributed by atoms with van der Waals surface area (Å²) in [5.41, 5.74) is 0. The van der Waals surface area contributed by atoms with Crippen molar-refractivity contribution in [2.45, 2.75) is 19.8 Å². The summed E-state index contributed by atoms with van der Waals surface area (Å²) in [6.07, 6.45) is 4.11. The van der Waals surface area contributed by atoms with Gasteiger partial charge in [-0.15, -0.1) is 0 Å². The van der Waals surface area contributed by atoms with Crippen LogP contribution >= 0.6 is 0 Å². The maximum Gasteiger partial charge on any atom is 0.306 e. The van der Waals surface area contributed by atoms with Crippen LogP contribution in [-0.4, -0.2) is 12.6 Å². The number of hydrogen-bond acceptors (Lipinski definition) is 4. The van der Waals surface area contributed by atoms with Gasteiger partial charge in [0.1, 0.15) is 5.76 Å². The van der Waals surface area contributed by atoms with Crippen molar-refractivity contribution in [1.29, 1.82) is 0 Å². The highest BCUT2D eigenvalue weighted by Gasteiger charge is 2.06. The van der Waals surface area contributed by atoms with Crippen molar-refractivity contribution in [1.82, 2.24) is 0 Å². The predicted molar refractivity (Wildman–Crippen MR) is 66.7 cm³/mol. The highest BCUT2D eigenvalue weighted by atomic mass is 16.5. The maximum atomic E-state index is 11.2. The summed E-state index contributed by atoms with van der Waals surface area (Å²) in [6.45, 7) is 2.19. The molecule has 0 fully saturated rings. The number of nitrogens with zero attached hydrogens (tertiary/aromatic N) is 1. The van der Waals surface area contributed by atoms with Crippen molar-refractivity contribution >= 4 is 12.2 Å². The van der Waals surface area contributed by atoms with Crippen LogP contribution in [0.5, 0.6) is 0 Å². The van der Waals surface area contributed by atoms with E-state index in [-0.39, 0.29) is 5.97 Å². The highest BCUT2D eigenvalue weighted by Crippen LogP contribution is 2.09. The van der Waals surface area contributed by atoms with Gasteiger partial charge in [0.25, 0.3) is 0 Å². The quantitative estimate of drug-likeness (QED) is 0.750. The molecule has 1 aromatic carbocycles. The van der Waals surface area contributed by atoms with Gasteiger partial charge in [0.2, 0.25) is 0 Å². The zero-order chi connectivity index (χ0) is 12.8. The van der Waals surface area contributed by atoms with Gasteiger partial charge < -0.3 is 9.47 Å². The molecular formula is C14H15NO3. The smallest absolute Gasteiger partial charge is 0.306 e. The fourth-order valence-corrected chi connectivity index (χ4v) is 1.60. The third-order valence-corrected chi connectivity index (χ3v) is 2.50.